The highest BCUT2D eigenvalue weighted by Crippen LogP contribution is 2.21. The van der Waals surface area contributed by atoms with E-state index >= 15 is 0 Å². The van der Waals surface area contributed by atoms with Crippen molar-refractivity contribution in [3.63, 3.8) is 0 Å². The molecule has 4 nitrogen and oxygen atoms in total. The lowest BCUT2D eigenvalue weighted by Gasteiger charge is -2.23. The number of anilines is 2. The molecule has 0 fully saturated rings. The summed E-state index contributed by atoms with van der Waals surface area (Å²) in [6.07, 6.45) is 2.00. The number of rotatable bonds is 7. The van der Waals surface area contributed by atoms with Crippen LogP contribution in [0.15, 0.2) is 41.6 Å². The Kier molecular flexibility index (Phi) is 5.87. The molecule has 1 aromatic heterocycles. The van der Waals surface area contributed by atoms with E-state index in [0.29, 0.717) is 0 Å². The molecule has 0 bridgehead atoms. The molecule has 112 valence electrons. The highest BCUT2D eigenvalue weighted by Gasteiger charge is 2.10. The molecule has 0 spiro atoms. The highest BCUT2D eigenvalue weighted by molar-refractivity contribution is 7.98. The molecule has 1 heterocycles. The number of hydrogen-bond acceptors (Lipinski definition) is 5. The Bertz CT molecular complexity index is 559. The van der Waals surface area contributed by atoms with Crippen molar-refractivity contribution in [1.29, 1.82) is 0 Å². The molecule has 0 amide bonds. The first-order chi connectivity index (χ1) is 10.3. The van der Waals surface area contributed by atoms with Gasteiger partial charge in [-0.25, -0.2) is 9.97 Å². The summed E-state index contributed by atoms with van der Waals surface area (Å²) >= 11 is 1.57. The average Bonchev–Trinajstić information content (AvgIpc) is 2.53. The third-order valence-electron chi connectivity index (χ3n) is 3.15. The van der Waals surface area contributed by atoms with Crippen LogP contribution >= 0.6 is 11.8 Å². The summed E-state index contributed by atoms with van der Waals surface area (Å²) in [6, 6.07) is 12.5. The monoisotopic (exact) mass is 302 g/mol. The van der Waals surface area contributed by atoms with Crippen LogP contribution in [0.1, 0.15) is 19.4 Å². The summed E-state index contributed by atoms with van der Waals surface area (Å²) in [5.74, 6) is 1.86. The minimum Gasteiger partial charge on any atom is -0.370 e. The summed E-state index contributed by atoms with van der Waals surface area (Å²) in [5, 5.41) is 4.08. The van der Waals surface area contributed by atoms with Crippen molar-refractivity contribution in [3.8, 4) is 0 Å². The molecule has 2 rings (SSSR count). The van der Waals surface area contributed by atoms with Gasteiger partial charge in [0, 0.05) is 25.7 Å². The second kappa shape index (κ2) is 7.88. The number of nitrogens with zero attached hydrogens (tertiary/aromatic N) is 3. The zero-order valence-corrected chi connectivity index (χ0v) is 13.7. The molecule has 5 heteroatoms. The van der Waals surface area contributed by atoms with Crippen LogP contribution in [0.3, 0.4) is 0 Å². The molecule has 2 aromatic rings. The van der Waals surface area contributed by atoms with Gasteiger partial charge in [-0.15, -0.1) is 0 Å². The van der Waals surface area contributed by atoms with Gasteiger partial charge in [0.1, 0.15) is 11.6 Å². The Labute approximate surface area is 131 Å². The summed E-state index contributed by atoms with van der Waals surface area (Å²) < 4.78 is 0. The van der Waals surface area contributed by atoms with E-state index in [9.17, 15) is 0 Å². The van der Waals surface area contributed by atoms with E-state index in [1.165, 1.54) is 5.56 Å². The van der Waals surface area contributed by atoms with Crippen molar-refractivity contribution >= 4 is 23.4 Å². The Balaban J connectivity index is 2.26. The van der Waals surface area contributed by atoms with E-state index in [0.717, 1.165) is 36.4 Å². The Morgan fingerprint density at radius 1 is 1.14 bits per heavy atom. The summed E-state index contributed by atoms with van der Waals surface area (Å²) in [6.45, 7) is 6.84. The topological polar surface area (TPSA) is 41.0 Å². The summed E-state index contributed by atoms with van der Waals surface area (Å²) in [5.41, 5.74) is 1.29. The molecule has 1 aromatic carbocycles. The highest BCUT2D eigenvalue weighted by atomic mass is 32.2. The minimum absolute atomic E-state index is 0.801. The molecule has 1 N–H and O–H groups in total. The van der Waals surface area contributed by atoms with Crippen LogP contribution in [0.25, 0.3) is 0 Å². The number of aromatic nitrogens is 2. The molecule has 0 aliphatic carbocycles. The Hall–Kier alpha value is -1.75. The molecule has 0 unspecified atom stereocenters. The van der Waals surface area contributed by atoms with Gasteiger partial charge < -0.3 is 10.2 Å². The normalized spacial score (nSPS) is 10.4. The maximum absolute atomic E-state index is 4.64. The van der Waals surface area contributed by atoms with Gasteiger partial charge in [-0.3, -0.25) is 0 Å². The molecule has 0 aliphatic rings. The third-order valence-corrected chi connectivity index (χ3v) is 3.70. The molecule has 21 heavy (non-hydrogen) atoms. The predicted octanol–water partition coefficient (Wildman–Crippen LogP) is 3.66. The molecular formula is C16H22N4S. The second-order valence-corrected chi connectivity index (χ2v) is 5.40. The Morgan fingerprint density at radius 2 is 1.90 bits per heavy atom. The van der Waals surface area contributed by atoms with Crippen molar-refractivity contribution in [2.75, 3.05) is 29.6 Å². The zero-order valence-electron chi connectivity index (χ0n) is 12.8. The number of nitrogens with one attached hydrogen (secondary N) is 1. The Morgan fingerprint density at radius 3 is 2.52 bits per heavy atom. The molecule has 0 saturated heterocycles. The second-order valence-electron chi connectivity index (χ2n) is 4.63. The predicted molar refractivity (Wildman–Crippen MR) is 91.1 cm³/mol. The fourth-order valence-electron chi connectivity index (χ4n) is 2.10. The molecule has 0 aliphatic heterocycles. The van der Waals surface area contributed by atoms with Crippen LogP contribution in [0.2, 0.25) is 0 Å². The van der Waals surface area contributed by atoms with E-state index < -0.39 is 0 Å². The van der Waals surface area contributed by atoms with Gasteiger partial charge in [-0.05, 0) is 25.7 Å². The fraction of sp³-hybridized carbons (Fsp3) is 0.375. The van der Waals surface area contributed by atoms with Crippen LogP contribution in [-0.2, 0) is 6.54 Å². The third kappa shape index (κ3) is 4.36. The van der Waals surface area contributed by atoms with Gasteiger partial charge in [-0.1, -0.05) is 42.1 Å². The lowest BCUT2D eigenvalue weighted by molar-refractivity contribution is 0.793. The van der Waals surface area contributed by atoms with Crippen LogP contribution in [0.4, 0.5) is 11.6 Å². The van der Waals surface area contributed by atoms with E-state index in [4.69, 9.17) is 0 Å². The summed E-state index contributed by atoms with van der Waals surface area (Å²) in [7, 11) is 0. The van der Waals surface area contributed by atoms with Crippen molar-refractivity contribution in [3.05, 3.63) is 42.0 Å². The van der Waals surface area contributed by atoms with Gasteiger partial charge in [-0.2, -0.15) is 0 Å². The van der Waals surface area contributed by atoms with Crippen LogP contribution < -0.4 is 10.2 Å². The number of thioether (sulfide) groups is 1. The first-order valence-corrected chi connectivity index (χ1v) is 8.45. The minimum atomic E-state index is 0.801. The SMILES string of the molecule is CCNc1cc(N(CC)Cc2ccccc2)nc(SC)n1. The maximum atomic E-state index is 4.64. The lowest BCUT2D eigenvalue weighted by Crippen LogP contribution is -2.23. The lowest BCUT2D eigenvalue weighted by atomic mass is 10.2. The maximum Gasteiger partial charge on any atom is 0.191 e. The molecule has 0 radical (unpaired) electrons. The van der Waals surface area contributed by atoms with Gasteiger partial charge in [0.2, 0.25) is 0 Å². The van der Waals surface area contributed by atoms with Gasteiger partial charge in [0.25, 0.3) is 0 Å². The zero-order chi connectivity index (χ0) is 15.1. The van der Waals surface area contributed by atoms with Crippen molar-refractivity contribution < 1.29 is 0 Å². The van der Waals surface area contributed by atoms with Crippen molar-refractivity contribution in [2.24, 2.45) is 0 Å². The average molecular weight is 302 g/mol. The summed E-state index contributed by atoms with van der Waals surface area (Å²) in [4.78, 5) is 11.4. The van der Waals surface area contributed by atoms with Gasteiger partial charge in [0.15, 0.2) is 5.16 Å². The number of benzene rings is 1. The van der Waals surface area contributed by atoms with Crippen LogP contribution in [0.5, 0.6) is 0 Å². The van der Waals surface area contributed by atoms with Crippen molar-refractivity contribution in [2.45, 2.75) is 25.5 Å². The van der Waals surface area contributed by atoms with E-state index in [1.54, 1.807) is 11.8 Å². The standard InChI is InChI=1S/C16H22N4S/c1-4-17-14-11-15(19-16(18-14)21-3)20(5-2)12-13-9-7-6-8-10-13/h6-11H,4-5,12H2,1-3H3,(H,17,18,19). The van der Waals surface area contributed by atoms with Crippen LogP contribution in [0, 0.1) is 0 Å². The van der Waals surface area contributed by atoms with Gasteiger partial charge >= 0.3 is 0 Å². The van der Waals surface area contributed by atoms with Crippen LogP contribution in [-0.4, -0.2) is 29.3 Å². The van der Waals surface area contributed by atoms with E-state index in [1.807, 2.05) is 18.4 Å². The smallest absolute Gasteiger partial charge is 0.191 e. The quantitative estimate of drug-likeness (QED) is 0.624. The largest absolute Gasteiger partial charge is 0.370 e. The van der Waals surface area contributed by atoms with Crippen molar-refractivity contribution in [1.82, 2.24) is 9.97 Å². The number of hydrogen-bond donors (Lipinski definition) is 1. The fourth-order valence-corrected chi connectivity index (χ4v) is 2.47. The molecular weight excluding hydrogens is 280 g/mol. The van der Waals surface area contributed by atoms with E-state index in [-0.39, 0.29) is 0 Å². The molecule has 0 atom stereocenters. The first-order valence-electron chi connectivity index (χ1n) is 7.22. The first kappa shape index (κ1) is 15.6. The van der Waals surface area contributed by atoms with Gasteiger partial charge in [0.05, 0.1) is 0 Å². The van der Waals surface area contributed by atoms with E-state index in [2.05, 4.69) is 58.3 Å². The molecule has 0 saturated carbocycles.